The number of hydrogen-bond acceptors (Lipinski definition) is 6. The lowest BCUT2D eigenvalue weighted by Crippen LogP contribution is -2.47. The number of pyridine rings is 1. The predicted molar refractivity (Wildman–Crippen MR) is 111 cm³/mol. The normalized spacial score (nSPS) is 14.1. The molecule has 0 unspecified atom stereocenters. The second kappa shape index (κ2) is 8.00. The number of carbonyl (C=O) groups is 1. The molecule has 9 heteroatoms. The van der Waals surface area contributed by atoms with Crippen LogP contribution in [0.5, 0.6) is 0 Å². The molecule has 1 fully saturated rings. The molecule has 0 aliphatic carbocycles. The Hall–Kier alpha value is -3.26. The van der Waals surface area contributed by atoms with Crippen LogP contribution in [0.1, 0.15) is 6.42 Å². The highest BCUT2D eigenvalue weighted by molar-refractivity contribution is 6.31. The van der Waals surface area contributed by atoms with E-state index in [0.717, 1.165) is 13.0 Å². The van der Waals surface area contributed by atoms with Gasteiger partial charge in [-0.15, -0.1) is 0 Å². The average molecular weight is 413 g/mol. The standard InChI is InChI=1S/C20H18ClFN6O/c1-2-17(29)28-10-4-9-27(12-28)16-8-7-15-19(26-16)20(24-11-23-15)25-14-6-3-5-13(21)18(14)22/h2-3,5-8,11H,1,4,9-10,12H2,(H,23,24,25). The summed E-state index contributed by atoms with van der Waals surface area (Å²) in [4.78, 5) is 28.8. The van der Waals surface area contributed by atoms with Crippen molar-refractivity contribution < 1.29 is 9.18 Å². The Kier molecular flexibility index (Phi) is 5.26. The molecule has 0 saturated carbocycles. The van der Waals surface area contributed by atoms with E-state index in [1.54, 1.807) is 17.0 Å². The third-order valence-corrected chi connectivity index (χ3v) is 4.97. The third kappa shape index (κ3) is 3.84. The summed E-state index contributed by atoms with van der Waals surface area (Å²) < 4.78 is 14.3. The molecular weight excluding hydrogens is 395 g/mol. The van der Waals surface area contributed by atoms with E-state index in [2.05, 4.69) is 26.8 Å². The molecule has 1 aromatic carbocycles. The average Bonchev–Trinajstić information content (AvgIpc) is 2.76. The van der Waals surface area contributed by atoms with E-state index < -0.39 is 5.82 Å². The van der Waals surface area contributed by atoms with Crippen LogP contribution in [-0.2, 0) is 4.79 Å². The number of fused-ring (bicyclic) bond motifs is 1. The van der Waals surface area contributed by atoms with Gasteiger partial charge in [0.15, 0.2) is 11.6 Å². The maximum atomic E-state index is 14.3. The molecule has 1 saturated heterocycles. The van der Waals surface area contributed by atoms with Gasteiger partial charge in [-0.3, -0.25) is 4.79 Å². The van der Waals surface area contributed by atoms with Crippen molar-refractivity contribution in [2.45, 2.75) is 6.42 Å². The molecule has 2 aromatic heterocycles. The number of benzene rings is 1. The monoisotopic (exact) mass is 412 g/mol. The molecule has 0 bridgehead atoms. The van der Waals surface area contributed by atoms with Gasteiger partial charge in [-0.2, -0.15) is 0 Å². The molecule has 0 spiro atoms. The van der Waals surface area contributed by atoms with Crippen LogP contribution in [0.25, 0.3) is 11.0 Å². The summed E-state index contributed by atoms with van der Waals surface area (Å²) in [5.74, 6) is 0.377. The van der Waals surface area contributed by atoms with Gasteiger partial charge < -0.3 is 15.1 Å². The SMILES string of the molecule is C=CC(=O)N1CCCN(c2ccc3ncnc(Nc4cccc(Cl)c4F)c3n2)C1. The molecule has 3 aromatic rings. The van der Waals surface area contributed by atoms with Gasteiger partial charge in [0.05, 0.1) is 22.9 Å². The molecule has 3 heterocycles. The van der Waals surface area contributed by atoms with Gasteiger partial charge in [-0.05, 0) is 36.8 Å². The van der Waals surface area contributed by atoms with Gasteiger partial charge in [0.1, 0.15) is 17.7 Å². The Labute approximate surface area is 171 Å². The van der Waals surface area contributed by atoms with Gasteiger partial charge in [0.25, 0.3) is 0 Å². The van der Waals surface area contributed by atoms with Gasteiger partial charge in [-0.1, -0.05) is 24.2 Å². The first-order valence-electron chi connectivity index (χ1n) is 9.06. The van der Waals surface area contributed by atoms with Gasteiger partial charge in [-0.25, -0.2) is 19.3 Å². The van der Waals surface area contributed by atoms with Gasteiger partial charge >= 0.3 is 0 Å². The smallest absolute Gasteiger partial charge is 0.247 e. The Morgan fingerprint density at radius 2 is 2.10 bits per heavy atom. The van der Waals surface area contributed by atoms with Crippen LogP contribution in [0.2, 0.25) is 5.02 Å². The molecule has 29 heavy (non-hydrogen) atoms. The zero-order chi connectivity index (χ0) is 20.4. The van der Waals surface area contributed by atoms with Crippen LogP contribution in [0.3, 0.4) is 0 Å². The summed E-state index contributed by atoms with van der Waals surface area (Å²) in [5.41, 5.74) is 1.31. The Bertz CT molecular complexity index is 1090. The molecule has 7 nitrogen and oxygen atoms in total. The van der Waals surface area contributed by atoms with Crippen molar-refractivity contribution in [2.24, 2.45) is 0 Å². The number of carbonyl (C=O) groups excluding carboxylic acids is 1. The number of aromatic nitrogens is 3. The van der Waals surface area contributed by atoms with Crippen LogP contribution in [0, 0.1) is 5.82 Å². The number of hydrogen-bond donors (Lipinski definition) is 1. The van der Waals surface area contributed by atoms with Crippen LogP contribution >= 0.6 is 11.6 Å². The maximum Gasteiger partial charge on any atom is 0.247 e. The molecule has 1 aliphatic rings. The van der Waals surface area contributed by atoms with E-state index in [4.69, 9.17) is 11.6 Å². The maximum absolute atomic E-state index is 14.3. The van der Waals surface area contributed by atoms with Crippen molar-refractivity contribution in [1.29, 1.82) is 0 Å². The lowest BCUT2D eigenvalue weighted by atomic mass is 10.2. The molecule has 0 atom stereocenters. The topological polar surface area (TPSA) is 74.2 Å². The third-order valence-electron chi connectivity index (χ3n) is 4.68. The number of nitrogens with one attached hydrogen (secondary N) is 1. The number of nitrogens with zero attached hydrogens (tertiary/aromatic N) is 5. The zero-order valence-corrected chi connectivity index (χ0v) is 16.2. The summed E-state index contributed by atoms with van der Waals surface area (Å²) in [5, 5.41) is 2.97. The molecular formula is C20H18ClFN6O. The van der Waals surface area contributed by atoms with Crippen molar-refractivity contribution in [1.82, 2.24) is 19.9 Å². The first-order chi connectivity index (χ1) is 14.1. The minimum atomic E-state index is -0.563. The highest BCUT2D eigenvalue weighted by Crippen LogP contribution is 2.28. The largest absolute Gasteiger partial charge is 0.339 e. The molecule has 1 N–H and O–H groups in total. The zero-order valence-electron chi connectivity index (χ0n) is 15.5. The Morgan fingerprint density at radius 3 is 2.93 bits per heavy atom. The lowest BCUT2D eigenvalue weighted by Gasteiger charge is -2.35. The minimum Gasteiger partial charge on any atom is -0.339 e. The lowest BCUT2D eigenvalue weighted by molar-refractivity contribution is -0.126. The summed E-state index contributed by atoms with van der Waals surface area (Å²) >= 11 is 5.87. The summed E-state index contributed by atoms with van der Waals surface area (Å²) in [6, 6.07) is 8.37. The number of anilines is 3. The second-order valence-electron chi connectivity index (χ2n) is 6.55. The van der Waals surface area contributed by atoms with E-state index in [0.29, 0.717) is 35.9 Å². The van der Waals surface area contributed by atoms with Gasteiger partial charge in [0.2, 0.25) is 5.91 Å². The van der Waals surface area contributed by atoms with E-state index in [1.807, 2.05) is 17.0 Å². The Balaban J connectivity index is 1.68. The quantitative estimate of drug-likeness (QED) is 0.658. The van der Waals surface area contributed by atoms with E-state index in [9.17, 15) is 9.18 Å². The molecule has 1 aliphatic heterocycles. The number of rotatable bonds is 4. The first-order valence-corrected chi connectivity index (χ1v) is 9.43. The molecule has 0 radical (unpaired) electrons. The Morgan fingerprint density at radius 1 is 1.24 bits per heavy atom. The van der Waals surface area contributed by atoms with E-state index >= 15 is 0 Å². The van der Waals surface area contributed by atoms with Crippen molar-refractivity contribution in [3.63, 3.8) is 0 Å². The summed E-state index contributed by atoms with van der Waals surface area (Å²) in [6.45, 7) is 5.41. The molecule has 4 rings (SSSR count). The highest BCUT2D eigenvalue weighted by Gasteiger charge is 2.22. The predicted octanol–water partition coefficient (Wildman–Crippen LogP) is 3.74. The van der Waals surface area contributed by atoms with Crippen LogP contribution in [-0.4, -0.2) is 45.5 Å². The van der Waals surface area contributed by atoms with Crippen LogP contribution in [0.15, 0.2) is 49.3 Å². The fourth-order valence-corrected chi connectivity index (χ4v) is 3.40. The summed E-state index contributed by atoms with van der Waals surface area (Å²) in [6.07, 6.45) is 3.52. The van der Waals surface area contributed by atoms with Crippen molar-refractivity contribution in [2.75, 3.05) is 30.0 Å². The van der Waals surface area contributed by atoms with Crippen molar-refractivity contribution in [3.8, 4) is 0 Å². The van der Waals surface area contributed by atoms with E-state index in [1.165, 1.54) is 18.5 Å². The molecule has 148 valence electrons. The summed E-state index contributed by atoms with van der Waals surface area (Å²) in [7, 11) is 0. The van der Waals surface area contributed by atoms with Crippen LogP contribution < -0.4 is 10.2 Å². The van der Waals surface area contributed by atoms with Crippen LogP contribution in [0.4, 0.5) is 21.7 Å². The minimum absolute atomic E-state index is 0.0160. The van der Waals surface area contributed by atoms with E-state index in [-0.39, 0.29) is 16.6 Å². The van der Waals surface area contributed by atoms with Crippen molar-refractivity contribution >= 4 is 45.9 Å². The van der Waals surface area contributed by atoms with Crippen molar-refractivity contribution in [3.05, 3.63) is 60.2 Å². The number of halogens is 2. The fraction of sp³-hybridized carbons (Fsp3) is 0.200. The fourth-order valence-electron chi connectivity index (χ4n) is 3.22. The van der Waals surface area contributed by atoms with Gasteiger partial charge in [0, 0.05) is 13.1 Å². The second-order valence-corrected chi connectivity index (χ2v) is 6.96. The molecule has 1 amide bonds. The highest BCUT2D eigenvalue weighted by atomic mass is 35.5. The first kappa shape index (κ1) is 19.1. The number of amides is 1.